The maximum atomic E-state index is 5.81. The van der Waals surface area contributed by atoms with Crippen LogP contribution in [0.15, 0.2) is 48.9 Å². The topological polar surface area (TPSA) is 53.1 Å². The van der Waals surface area contributed by atoms with E-state index < -0.39 is 0 Å². The molecule has 2 heterocycles. The van der Waals surface area contributed by atoms with Crippen LogP contribution in [-0.4, -0.2) is 9.55 Å². The van der Waals surface area contributed by atoms with Gasteiger partial charge in [-0.05, 0) is 17.7 Å². The lowest BCUT2D eigenvalue weighted by atomic mass is 10.1. The van der Waals surface area contributed by atoms with Crippen LogP contribution in [0.1, 0.15) is 11.1 Å². The molecule has 0 saturated carbocycles. The fraction of sp³-hybridized carbons (Fsp3) is 0.188. The number of rotatable bonds is 4. The summed E-state index contributed by atoms with van der Waals surface area (Å²) in [6, 6.07) is 9.98. The van der Waals surface area contributed by atoms with Crippen LogP contribution in [0.2, 0.25) is 0 Å². The number of pyridine rings is 1. The minimum absolute atomic E-state index is 0.525. The number of aromatic nitrogens is 2. The second-order valence-corrected chi connectivity index (χ2v) is 4.76. The molecule has 0 aliphatic rings. The Kier molecular flexibility index (Phi) is 3.39. The van der Waals surface area contributed by atoms with Crippen molar-refractivity contribution in [3.8, 4) is 5.75 Å². The normalized spacial score (nSPS) is 10.9. The molecule has 0 aliphatic carbocycles. The summed E-state index contributed by atoms with van der Waals surface area (Å²) in [5.74, 6) is 0.777. The Morgan fingerprint density at radius 1 is 1.20 bits per heavy atom. The van der Waals surface area contributed by atoms with Gasteiger partial charge in [-0.15, -0.1) is 0 Å². The number of aryl methyl sites for hydroxylation is 1. The van der Waals surface area contributed by atoms with E-state index in [4.69, 9.17) is 10.5 Å². The number of nitrogens with two attached hydrogens (primary N) is 1. The van der Waals surface area contributed by atoms with Crippen molar-refractivity contribution >= 4 is 10.9 Å². The van der Waals surface area contributed by atoms with Gasteiger partial charge in [0, 0.05) is 36.9 Å². The van der Waals surface area contributed by atoms with Crippen LogP contribution in [0.3, 0.4) is 0 Å². The maximum Gasteiger partial charge on any atom is 0.138 e. The van der Waals surface area contributed by atoms with Crippen LogP contribution >= 0.6 is 0 Å². The smallest absolute Gasteiger partial charge is 0.138 e. The number of benzene rings is 1. The molecule has 102 valence electrons. The van der Waals surface area contributed by atoms with Crippen LogP contribution in [0.5, 0.6) is 5.75 Å². The largest absolute Gasteiger partial charge is 0.487 e. The minimum Gasteiger partial charge on any atom is -0.487 e. The fourth-order valence-electron chi connectivity index (χ4n) is 2.51. The van der Waals surface area contributed by atoms with Gasteiger partial charge >= 0.3 is 0 Å². The molecule has 0 spiro atoms. The summed E-state index contributed by atoms with van der Waals surface area (Å²) < 4.78 is 7.89. The zero-order valence-electron chi connectivity index (χ0n) is 11.4. The van der Waals surface area contributed by atoms with Crippen molar-refractivity contribution in [1.29, 1.82) is 0 Å². The SMILES string of the molecule is Cn1cc(COc2cccnc2)c2cccc(CN)c21. The average molecular weight is 267 g/mol. The van der Waals surface area contributed by atoms with Crippen molar-refractivity contribution in [1.82, 2.24) is 9.55 Å². The van der Waals surface area contributed by atoms with Crippen LogP contribution < -0.4 is 10.5 Å². The van der Waals surface area contributed by atoms with Gasteiger partial charge in [-0.1, -0.05) is 18.2 Å². The van der Waals surface area contributed by atoms with Crippen molar-refractivity contribution in [3.05, 3.63) is 60.0 Å². The van der Waals surface area contributed by atoms with E-state index in [-0.39, 0.29) is 0 Å². The molecule has 0 saturated heterocycles. The number of hydrogen-bond donors (Lipinski definition) is 1. The molecule has 20 heavy (non-hydrogen) atoms. The summed E-state index contributed by atoms with van der Waals surface area (Å²) >= 11 is 0. The van der Waals surface area contributed by atoms with Crippen molar-refractivity contribution in [2.75, 3.05) is 0 Å². The molecule has 0 aliphatic heterocycles. The zero-order chi connectivity index (χ0) is 13.9. The molecule has 4 heteroatoms. The summed E-state index contributed by atoms with van der Waals surface area (Å²) in [6.07, 6.45) is 5.55. The van der Waals surface area contributed by atoms with E-state index in [9.17, 15) is 0 Å². The zero-order valence-corrected chi connectivity index (χ0v) is 11.4. The monoisotopic (exact) mass is 267 g/mol. The Morgan fingerprint density at radius 2 is 2.10 bits per heavy atom. The Labute approximate surface area is 117 Å². The summed E-state index contributed by atoms with van der Waals surface area (Å²) in [7, 11) is 2.04. The van der Waals surface area contributed by atoms with Gasteiger partial charge in [0.05, 0.1) is 11.7 Å². The third kappa shape index (κ3) is 2.26. The number of hydrogen-bond acceptors (Lipinski definition) is 3. The van der Waals surface area contributed by atoms with Gasteiger partial charge < -0.3 is 15.0 Å². The highest BCUT2D eigenvalue weighted by atomic mass is 16.5. The molecule has 0 amide bonds. The van der Waals surface area contributed by atoms with E-state index in [1.165, 1.54) is 10.9 Å². The van der Waals surface area contributed by atoms with Gasteiger partial charge in [0.2, 0.25) is 0 Å². The van der Waals surface area contributed by atoms with E-state index in [1.807, 2.05) is 25.2 Å². The van der Waals surface area contributed by atoms with Gasteiger partial charge in [0.15, 0.2) is 0 Å². The molecule has 0 bridgehead atoms. The highest BCUT2D eigenvalue weighted by Crippen LogP contribution is 2.25. The number of ether oxygens (including phenoxy) is 1. The summed E-state index contributed by atoms with van der Waals surface area (Å²) in [5, 5.41) is 1.19. The Balaban J connectivity index is 1.93. The molecule has 2 N–H and O–H groups in total. The van der Waals surface area contributed by atoms with Gasteiger partial charge in [-0.2, -0.15) is 0 Å². The number of fused-ring (bicyclic) bond motifs is 1. The van der Waals surface area contributed by atoms with E-state index in [0.717, 1.165) is 16.9 Å². The highest BCUT2D eigenvalue weighted by Gasteiger charge is 2.10. The highest BCUT2D eigenvalue weighted by molar-refractivity contribution is 5.86. The maximum absolute atomic E-state index is 5.81. The predicted molar refractivity (Wildman–Crippen MR) is 79.4 cm³/mol. The lowest BCUT2D eigenvalue weighted by Gasteiger charge is -2.05. The molecule has 4 nitrogen and oxygen atoms in total. The average Bonchev–Trinajstić information content (AvgIpc) is 2.83. The van der Waals surface area contributed by atoms with Gasteiger partial charge in [0.1, 0.15) is 12.4 Å². The third-order valence-corrected chi connectivity index (χ3v) is 3.42. The third-order valence-electron chi connectivity index (χ3n) is 3.42. The molecular weight excluding hydrogens is 250 g/mol. The first-order valence-electron chi connectivity index (χ1n) is 6.58. The second kappa shape index (κ2) is 5.35. The van der Waals surface area contributed by atoms with Crippen LogP contribution in [0.25, 0.3) is 10.9 Å². The quantitative estimate of drug-likeness (QED) is 0.790. The second-order valence-electron chi connectivity index (χ2n) is 4.76. The van der Waals surface area contributed by atoms with Crippen LogP contribution in [0, 0.1) is 0 Å². The molecule has 2 aromatic heterocycles. The molecule has 0 radical (unpaired) electrons. The number of para-hydroxylation sites is 1. The van der Waals surface area contributed by atoms with E-state index in [0.29, 0.717) is 13.2 Å². The van der Waals surface area contributed by atoms with Gasteiger partial charge in [-0.3, -0.25) is 4.98 Å². The van der Waals surface area contributed by atoms with E-state index >= 15 is 0 Å². The van der Waals surface area contributed by atoms with Crippen molar-refractivity contribution in [3.63, 3.8) is 0 Å². The molecule has 3 rings (SSSR count). The van der Waals surface area contributed by atoms with Crippen LogP contribution in [0.4, 0.5) is 0 Å². The lowest BCUT2D eigenvalue weighted by Crippen LogP contribution is -1.99. The fourth-order valence-corrected chi connectivity index (χ4v) is 2.51. The Morgan fingerprint density at radius 3 is 2.85 bits per heavy atom. The molecule has 0 unspecified atom stereocenters. The first-order chi connectivity index (χ1) is 9.79. The van der Waals surface area contributed by atoms with Gasteiger partial charge in [-0.25, -0.2) is 0 Å². The molecular formula is C16H17N3O. The lowest BCUT2D eigenvalue weighted by molar-refractivity contribution is 0.306. The Bertz CT molecular complexity index is 719. The first-order valence-corrected chi connectivity index (χ1v) is 6.58. The van der Waals surface area contributed by atoms with E-state index in [2.05, 4.69) is 27.9 Å². The molecule has 3 aromatic rings. The Hall–Kier alpha value is -2.33. The van der Waals surface area contributed by atoms with Gasteiger partial charge in [0.25, 0.3) is 0 Å². The van der Waals surface area contributed by atoms with Crippen molar-refractivity contribution < 1.29 is 4.74 Å². The van der Waals surface area contributed by atoms with Crippen molar-refractivity contribution in [2.24, 2.45) is 12.8 Å². The molecule has 0 atom stereocenters. The van der Waals surface area contributed by atoms with E-state index in [1.54, 1.807) is 12.4 Å². The first kappa shape index (κ1) is 12.7. The molecule has 0 fully saturated rings. The summed E-state index contributed by atoms with van der Waals surface area (Å²) in [4.78, 5) is 4.05. The van der Waals surface area contributed by atoms with Crippen LogP contribution in [-0.2, 0) is 20.2 Å². The standard InChI is InChI=1S/C16H17N3O/c1-19-10-13(11-20-14-5-3-7-18-9-14)15-6-2-4-12(8-17)16(15)19/h2-7,9-10H,8,11,17H2,1H3. The minimum atomic E-state index is 0.525. The van der Waals surface area contributed by atoms with Crippen molar-refractivity contribution in [2.45, 2.75) is 13.2 Å². The number of nitrogens with zero attached hydrogens (tertiary/aromatic N) is 2. The summed E-state index contributed by atoms with van der Waals surface area (Å²) in [6.45, 7) is 1.06. The molecule has 1 aromatic carbocycles. The predicted octanol–water partition coefficient (Wildman–Crippen LogP) is 2.61. The summed E-state index contributed by atoms with van der Waals surface area (Å²) in [5.41, 5.74) is 9.29.